The van der Waals surface area contributed by atoms with Gasteiger partial charge in [-0.05, 0) is 48.5 Å². The smallest absolute Gasteiger partial charge is 0.123 e. The zero-order valence-electron chi connectivity index (χ0n) is 12.5. The van der Waals surface area contributed by atoms with Crippen LogP contribution in [0.3, 0.4) is 0 Å². The van der Waals surface area contributed by atoms with Crippen LogP contribution < -0.4 is 0 Å². The highest BCUT2D eigenvalue weighted by Gasteiger charge is 2.07. The number of benzene rings is 1. The van der Waals surface area contributed by atoms with E-state index in [2.05, 4.69) is 20.3 Å². The molecule has 0 spiro atoms. The van der Waals surface area contributed by atoms with Crippen molar-refractivity contribution in [2.75, 3.05) is 0 Å². The van der Waals surface area contributed by atoms with Crippen LogP contribution in [0.2, 0.25) is 0 Å². The molecule has 0 amide bonds. The largest absolute Gasteiger partial charge is 0.255 e. The molecule has 24 heavy (non-hydrogen) atoms. The molecule has 5 nitrogen and oxygen atoms in total. The standard InChI is InChI=1S/C18H12FN5/c19-14-6-4-13(5-7-14)18-12-24(23-22-18)15-8-10-21-17(11-15)16-3-1-2-9-20-16/h1-12H. The first-order valence-electron chi connectivity index (χ1n) is 7.36. The third kappa shape index (κ3) is 2.77. The van der Waals surface area contributed by atoms with Crippen molar-refractivity contribution in [2.24, 2.45) is 0 Å². The molecule has 4 aromatic rings. The minimum atomic E-state index is -0.278. The fraction of sp³-hybridized carbons (Fsp3) is 0. The van der Waals surface area contributed by atoms with Gasteiger partial charge < -0.3 is 0 Å². The predicted molar refractivity (Wildman–Crippen MR) is 87.8 cm³/mol. The van der Waals surface area contributed by atoms with Gasteiger partial charge in [0.1, 0.15) is 11.5 Å². The Morgan fingerprint density at radius 1 is 0.792 bits per heavy atom. The van der Waals surface area contributed by atoms with Crippen LogP contribution in [0.25, 0.3) is 28.3 Å². The summed E-state index contributed by atoms with van der Waals surface area (Å²) < 4.78 is 14.7. The lowest BCUT2D eigenvalue weighted by Gasteiger charge is -2.03. The van der Waals surface area contributed by atoms with Crippen molar-refractivity contribution >= 4 is 0 Å². The average Bonchev–Trinajstić information content (AvgIpc) is 3.13. The van der Waals surface area contributed by atoms with Gasteiger partial charge in [0.05, 0.1) is 23.3 Å². The number of rotatable bonds is 3. The number of pyridine rings is 2. The van der Waals surface area contributed by atoms with Crippen LogP contribution in [-0.4, -0.2) is 25.0 Å². The highest BCUT2D eigenvalue weighted by Crippen LogP contribution is 2.20. The van der Waals surface area contributed by atoms with Crippen molar-refractivity contribution in [3.8, 4) is 28.3 Å². The Morgan fingerprint density at radius 3 is 2.42 bits per heavy atom. The van der Waals surface area contributed by atoms with Crippen LogP contribution in [-0.2, 0) is 0 Å². The van der Waals surface area contributed by atoms with Gasteiger partial charge >= 0.3 is 0 Å². The number of aromatic nitrogens is 5. The van der Waals surface area contributed by atoms with Gasteiger partial charge in [-0.2, -0.15) is 0 Å². The summed E-state index contributed by atoms with van der Waals surface area (Å²) in [5.41, 5.74) is 3.85. The van der Waals surface area contributed by atoms with Crippen LogP contribution in [0.1, 0.15) is 0 Å². The summed E-state index contributed by atoms with van der Waals surface area (Å²) in [5.74, 6) is -0.278. The molecule has 0 fully saturated rings. The fourth-order valence-corrected chi connectivity index (χ4v) is 2.36. The van der Waals surface area contributed by atoms with Crippen LogP contribution in [0, 0.1) is 5.82 Å². The van der Waals surface area contributed by atoms with Gasteiger partial charge in [-0.3, -0.25) is 9.97 Å². The first-order chi connectivity index (χ1) is 11.8. The summed E-state index contributed by atoms with van der Waals surface area (Å²) in [6.07, 6.45) is 5.23. The molecule has 0 unspecified atom stereocenters. The average molecular weight is 317 g/mol. The molecule has 116 valence electrons. The maximum atomic E-state index is 13.0. The van der Waals surface area contributed by atoms with Crippen molar-refractivity contribution < 1.29 is 4.39 Å². The lowest BCUT2D eigenvalue weighted by atomic mass is 10.2. The van der Waals surface area contributed by atoms with E-state index >= 15 is 0 Å². The topological polar surface area (TPSA) is 56.5 Å². The second-order valence-corrected chi connectivity index (χ2v) is 5.17. The summed E-state index contributed by atoms with van der Waals surface area (Å²) in [4.78, 5) is 8.65. The Bertz CT molecular complexity index is 964. The number of nitrogens with zero attached hydrogens (tertiary/aromatic N) is 5. The van der Waals surface area contributed by atoms with Crippen LogP contribution >= 0.6 is 0 Å². The molecule has 0 radical (unpaired) electrons. The van der Waals surface area contributed by atoms with E-state index in [0.717, 1.165) is 22.6 Å². The third-order valence-corrected chi connectivity index (χ3v) is 3.57. The van der Waals surface area contributed by atoms with Crippen LogP contribution in [0.15, 0.2) is 73.2 Å². The van der Waals surface area contributed by atoms with Crippen molar-refractivity contribution in [3.63, 3.8) is 0 Å². The minimum absolute atomic E-state index is 0.278. The Hall–Kier alpha value is -3.41. The maximum absolute atomic E-state index is 13.0. The van der Waals surface area contributed by atoms with E-state index in [-0.39, 0.29) is 5.82 Å². The molecule has 0 aliphatic heterocycles. The maximum Gasteiger partial charge on any atom is 0.123 e. The Morgan fingerprint density at radius 2 is 1.62 bits per heavy atom. The molecule has 3 heterocycles. The second kappa shape index (κ2) is 6.00. The van der Waals surface area contributed by atoms with E-state index in [1.165, 1.54) is 12.1 Å². The molecule has 0 atom stereocenters. The van der Waals surface area contributed by atoms with Gasteiger partial charge in [-0.15, -0.1) is 5.10 Å². The lowest BCUT2D eigenvalue weighted by Crippen LogP contribution is -1.96. The zero-order valence-corrected chi connectivity index (χ0v) is 12.5. The normalized spacial score (nSPS) is 10.7. The molecule has 0 saturated carbocycles. The van der Waals surface area contributed by atoms with E-state index in [4.69, 9.17) is 0 Å². The zero-order chi connectivity index (χ0) is 16.4. The minimum Gasteiger partial charge on any atom is -0.255 e. The Kier molecular flexibility index (Phi) is 3.55. The third-order valence-electron chi connectivity index (χ3n) is 3.57. The molecular formula is C18H12FN5. The summed E-state index contributed by atoms with van der Waals surface area (Å²) in [7, 11) is 0. The molecule has 0 aliphatic carbocycles. The number of hydrogen-bond acceptors (Lipinski definition) is 4. The highest BCUT2D eigenvalue weighted by molar-refractivity contribution is 5.59. The van der Waals surface area contributed by atoms with Crippen molar-refractivity contribution in [2.45, 2.75) is 0 Å². The summed E-state index contributed by atoms with van der Waals surface area (Å²) in [6.45, 7) is 0. The summed E-state index contributed by atoms with van der Waals surface area (Å²) >= 11 is 0. The molecule has 6 heteroatoms. The van der Waals surface area contributed by atoms with E-state index in [0.29, 0.717) is 5.69 Å². The Labute approximate surface area is 137 Å². The molecule has 3 aromatic heterocycles. The molecule has 0 N–H and O–H groups in total. The van der Waals surface area contributed by atoms with Gasteiger partial charge in [0.2, 0.25) is 0 Å². The van der Waals surface area contributed by atoms with Gasteiger partial charge in [-0.25, -0.2) is 9.07 Å². The SMILES string of the molecule is Fc1ccc(-c2cn(-c3ccnc(-c4ccccn4)c3)nn2)cc1. The van der Waals surface area contributed by atoms with E-state index in [9.17, 15) is 4.39 Å². The van der Waals surface area contributed by atoms with Crippen LogP contribution in [0.4, 0.5) is 4.39 Å². The molecular weight excluding hydrogens is 305 g/mol. The van der Waals surface area contributed by atoms with Crippen molar-refractivity contribution in [3.05, 3.63) is 79.0 Å². The molecule has 4 rings (SSSR count). The van der Waals surface area contributed by atoms with Gasteiger partial charge in [0.15, 0.2) is 0 Å². The predicted octanol–water partition coefficient (Wildman–Crippen LogP) is 3.53. The molecule has 1 aromatic carbocycles. The van der Waals surface area contributed by atoms with E-state index in [1.54, 1.807) is 35.4 Å². The Balaban J connectivity index is 1.69. The fourth-order valence-electron chi connectivity index (χ4n) is 2.36. The monoisotopic (exact) mass is 317 g/mol. The van der Waals surface area contributed by atoms with E-state index in [1.807, 2.05) is 30.3 Å². The van der Waals surface area contributed by atoms with Gasteiger partial charge in [0.25, 0.3) is 0 Å². The molecule has 0 saturated heterocycles. The number of halogens is 1. The van der Waals surface area contributed by atoms with Crippen molar-refractivity contribution in [1.29, 1.82) is 0 Å². The van der Waals surface area contributed by atoms with Gasteiger partial charge in [-0.1, -0.05) is 11.3 Å². The quantitative estimate of drug-likeness (QED) is 0.580. The summed E-state index contributed by atoms with van der Waals surface area (Å²) in [6, 6.07) is 15.6. The van der Waals surface area contributed by atoms with E-state index < -0.39 is 0 Å². The first-order valence-corrected chi connectivity index (χ1v) is 7.36. The highest BCUT2D eigenvalue weighted by atomic mass is 19.1. The molecule has 0 aliphatic rings. The van der Waals surface area contributed by atoms with Crippen molar-refractivity contribution in [1.82, 2.24) is 25.0 Å². The molecule has 0 bridgehead atoms. The number of hydrogen-bond donors (Lipinski definition) is 0. The second-order valence-electron chi connectivity index (χ2n) is 5.17. The first kappa shape index (κ1) is 14.2. The van der Waals surface area contributed by atoms with Crippen LogP contribution in [0.5, 0.6) is 0 Å². The summed E-state index contributed by atoms with van der Waals surface area (Å²) in [5, 5.41) is 8.29. The lowest BCUT2D eigenvalue weighted by molar-refractivity contribution is 0.628. The van der Waals surface area contributed by atoms with Gasteiger partial charge in [0, 0.05) is 18.0 Å².